The third-order valence-electron chi connectivity index (χ3n) is 37.5. The van der Waals surface area contributed by atoms with E-state index >= 15 is 0 Å². The Morgan fingerprint density at radius 1 is 0.219 bits per heavy atom. The topological polar surface area (TPSA) is 29.5 Å². The first kappa shape index (κ1) is 93.9. The largest absolute Gasteiger partial charge is 0.455 e. The maximum atomic E-state index is 7.45. The molecular weight excluding hydrogens is 1760 g/mol. The number of benzene rings is 16. The van der Waals surface area contributed by atoms with Gasteiger partial charge in [0.1, 0.15) is 22.3 Å². The van der Waals surface area contributed by atoms with E-state index in [2.05, 4.69) is 401 Å². The molecule has 0 bridgehead atoms. The maximum absolute atomic E-state index is 7.45. The van der Waals surface area contributed by atoms with Gasteiger partial charge in [-0.15, -0.1) is 0 Å². The number of hydrogen-bond donors (Lipinski definition) is 0. The lowest BCUT2D eigenvalue weighted by atomic mass is 9.70. The van der Waals surface area contributed by atoms with Gasteiger partial charge in [0.15, 0.2) is 0 Å². The lowest BCUT2D eigenvalue weighted by Gasteiger charge is -2.33. The summed E-state index contributed by atoms with van der Waals surface area (Å²) in [4.78, 5) is 2.59. The second-order valence-corrected chi connectivity index (χ2v) is 47.8. The van der Waals surface area contributed by atoms with E-state index in [1.807, 2.05) is 0 Å². The Morgan fingerprint density at radius 3 is 0.952 bits per heavy atom. The molecule has 146 heavy (non-hydrogen) atoms. The molecule has 16 aromatic carbocycles. The van der Waals surface area contributed by atoms with Crippen LogP contribution in [0.5, 0.6) is 0 Å². The Labute approximate surface area is 867 Å². The molecule has 3 nitrogen and oxygen atoms in total. The molecule has 0 N–H and O–H groups in total. The molecule has 0 aliphatic heterocycles. The van der Waals surface area contributed by atoms with Crippen LogP contribution in [0.4, 0.5) is 17.1 Å². The second-order valence-electron chi connectivity index (χ2n) is 47.8. The Hall–Kier alpha value is -13.1. The van der Waals surface area contributed by atoms with Crippen LogP contribution in [0.2, 0.25) is 0 Å². The van der Waals surface area contributed by atoms with Crippen molar-refractivity contribution in [3.05, 3.63) is 374 Å². The minimum Gasteiger partial charge on any atom is -0.455 e. The minimum atomic E-state index is -0.462. The first-order valence-corrected chi connectivity index (χ1v) is 56.3. The van der Waals surface area contributed by atoms with Gasteiger partial charge in [-0.25, -0.2) is 0 Å². The molecule has 0 fully saturated rings. The van der Waals surface area contributed by atoms with Crippen LogP contribution in [-0.2, 0) is 37.9 Å². The van der Waals surface area contributed by atoms with Crippen molar-refractivity contribution in [3.8, 4) is 122 Å². The van der Waals surface area contributed by atoms with Crippen molar-refractivity contribution in [2.45, 2.75) is 303 Å². The predicted molar refractivity (Wildman–Crippen MR) is 621 cm³/mol. The molecule has 18 aromatic rings. The Kier molecular flexibility index (Phi) is 22.9. The summed E-state index contributed by atoms with van der Waals surface area (Å²) in [5, 5.41) is 4.71. The fourth-order valence-corrected chi connectivity index (χ4v) is 29.8. The summed E-state index contributed by atoms with van der Waals surface area (Å²) in [5.74, 6) is 0. The van der Waals surface area contributed by atoms with Crippen molar-refractivity contribution in [3.63, 3.8) is 0 Å². The van der Waals surface area contributed by atoms with E-state index in [1.54, 1.807) is 22.3 Å². The number of rotatable bonds is 31. The van der Waals surface area contributed by atoms with E-state index in [9.17, 15) is 0 Å². The van der Waals surface area contributed by atoms with E-state index in [0.717, 1.165) is 50.0 Å². The highest BCUT2D eigenvalue weighted by Gasteiger charge is 2.52. The maximum Gasteiger partial charge on any atom is 0.144 e. The standard InChI is InChI=1S/C143H143NO2/c1-17-21-25-29-41-74-142(75-42-30-26-22-18-2)113-52-37-33-48-99(113)105-68-59-94(82-122(105)142)91-57-66-102-101-65-56-90(78-115(101)137(7,8)116(102)79-91)93-61-71-108-119(81-93)140(13,14)132-128(108)130-111-51-36-40-55-126(111)146-136(130)131-109-73-64-98(86-121(109)141(15,16)133(131)132)144(134-88(5)46-45-47-89(134)6)97-63-72-107-120(85-97)139(11,12)124-87-112(135-129(127(107)124)110-50-35-39-54-125(110)145-135)96-62-70-104-103-67-58-92(80-117(103)138(9,10)118(104)84-96)95-60-69-106-100-49-34-38-53-114(100)143(123(106)83-95,76-43-31-27-23-19-3)77-44-32-28-24-20-4/h33-40,45-73,78-87H,17-32,41-44,74-77H2,1-16H3. The van der Waals surface area contributed by atoms with Gasteiger partial charge < -0.3 is 13.7 Å². The first-order chi connectivity index (χ1) is 70.8. The van der Waals surface area contributed by atoms with Crippen LogP contribution in [0.1, 0.15) is 340 Å². The Morgan fingerprint density at radius 2 is 0.521 bits per heavy atom. The van der Waals surface area contributed by atoms with Gasteiger partial charge in [0.25, 0.3) is 0 Å². The van der Waals surface area contributed by atoms with E-state index in [-0.39, 0.29) is 21.7 Å². The van der Waals surface area contributed by atoms with Gasteiger partial charge in [-0.2, -0.15) is 0 Å². The molecule has 0 amide bonds. The van der Waals surface area contributed by atoms with Gasteiger partial charge in [0.05, 0.1) is 5.69 Å². The van der Waals surface area contributed by atoms with Crippen LogP contribution in [0.3, 0.4) is 0 Å². The van der Waals surface area contributed by atoms with Crippen molar-refractivity contribution < 1.29 is 8.83 Å². The molecule has 0 radical (unpaired) electrons. The van der Waals surface area contributed by atoms with Crippen LogP contribution >= 0.6 is 0 Å². The number of unbranched alkanes of at least 4 members (excludes halogenated alkanes) is 16. The highest BCUT2D eigenvalue weighted by molar-refractivity contribution is 6.22. The SMILES string of the molecule is CCCCCCCC1(CCCCCCC)c2ccccc2-c2ccc(-c3ccc4c(c3)C(C)(C)c3cc(-c5ccc6c(c5)C(C)(C)c5c7c(c8oc9ccccc9c8c5-6)-c5ccc(N(c6ccc8c(c6)C(C)(C)c6cc(-c9ccc%10c(c9)C(C)(C)c9cc(-c%11ccc%12c(c%11)C(CCCCCCC)(CCCCCCC)c%11ccccc%11-%12)ccc9-%10)c9oc%10ccccc%10c9c6-8)c6c(C)cccc6C)cc5C7(C)C)ccc3-4)cc21. The van der Waals surface area contributed by atoms with Gasteiger partial charge >= 0.3 is 0 Å². The van der Waals surface area contributed by atoms with Crippen LogP contribution in [0, 0.1) is 13.8 Å². The fraction of sp³-hybridized carbons (Fsp3) is 0.329. The summed E-state index contributed by atoms with van der Waals surface area (Å²) < 4.78 is 14.8. The Balaban J connectivity index is 0.542. The molecule has 2 aromatic heterocycles. The Bertz CT molecular complexity index is 8320. The quantitative estimate of drug-likeness (QED) is 0.0406. The zero-order valence-electron chi connectivity index (χ0n) is 89.4. The molecule has 2 heterocycles. The molecule has 0 saturated carbocycles. The smallest absolute Gasteiger partial charge is 0.144 e. The molecule has 0 unspecified atom stereocenters. The highest BCUT2D eigenvalue weighted by atomic mass is 16.3. The van der Waals surface area contributed by atoms with E-state index in [4.69, 9.17) is 8.83 Å². The summed E-state index contributed by atoms with van der Waals surface area (Å²) in [5.41, 5.74) is 56.6. The van der Waals surface area contributed by atoms with Crippen LogP contribution in [-0.4, -0.2) is 0 Å². The van der Waals surface area contributed by atoms with Gasteiger partial charge in [-0.3, -0.25) is 0 Å². The van der Waals surface area contributed by atoms with Gasteiger partial charge in [-0.05, 0) is 325 Å². The van der Waals surface area contributed by atoms with Crippen LogP contribution in [0.25, 0.3) is 166 Å². The zero-order valence-corrected chi connectivity index (χ0v) is 89.4. The number of anilines is 3. The average Bonchev–Trinajstić information content (AvgIpc) is 1.49. The van der Waals surface area contributed by atoms with Gasteiger partial charge in [0, 0.05) is 82.0 Å². The lowest BCUT2D eigenvalue weighted by molar-refractivity contribution is 0.399. The summed E-state index contributed by atoms with van der Waals surface area (Å²) >= 11 is 0. The molecular formula is C143H143NO2. The van der Waals surface area contributed by atoms with E-state index in [0.29, 0.717) is 0 Å². The van der Waals surface area contributed by atoms with E-state index in [1.165, 1.54) is 354 Å². The fourth-order valence-electron chi connectivity index (χ4n) is 29.8. The van der Waals surface area contributed by atoms with E-state index < -0.39 is 16.2 Å². The third-order valence-corrected chi connectivity index (χ3v) is 37.5. The molecule has 0 spiro atoms. The van der Waals surface area contributed by atoms with Crippen molar-refractivity contribution in [2.75, 3.05) is 4.90 Å². The normalized spacial score (nSPS) is 15.8. The zero-order chi connectivity index (χ0) is 100.0. The second kappa shape index (κ2) is 35.6. The average molecular weight is 1910 g/mol. The van der Waals surface area contributed by atoms with Crippen LogP contribution < -0.4 is 4.90 Å². The summed E-state index contributed by atoms with van der Waals surface area (Å²) in [7, 11) is 0. The van der Waals surface area contributed by atoms with Gasteiger partial charge in [-0.1, -0.05) is 426 Å². The predicted octanol–water partition coefficient (Wildman–Crippen LogP) is 41.7. The number of aryl methyl sites for hydroxylation is 2. The molecule has 732 valence electrons. The number of nitrogens with zero attached hydrogens (tertiary/aromatic N) is 1. The third kappa shape index (κ3) is 14.2. The number of furan rings is 2. The molecule has 3 heteroatoms. The van der Waals surface area contributed by atoms with Gasteiger partial charge in [0.2, 0.25) is 0 Å². The van der Waals surface area contributed by atoms with Crippen molar-refractivity contribution in [1.29, 1.82) is 0 Å². The summed E-state index contributed by atoms with van der Waals surface area (Å²) in [6.45, 7) is 38.8. The number of fused-ring (bicyclic) bond motifs is 31. The number of hydrogen-bond acceptors (Lipinski definition) is 3. The minimum absolute atomic E-state index is 0.0182. The summed E-state index contributed by atoms with van der Waals surface area (Å²) in [6.07, 6.45) is 30.8. The first-order valence-electron chi connectivity index (χ1n) is 56.3. The molecule has 7 aliphatic rings. The molecule has 25 rings (SSSR count). The monoisotopic (exact) mass is 1910 g/mol. The molecule has 7 aliphatic carbocycles. The van der Waals surface area contributed by atoms with Crippen molar-refractivity contribution >= 4 is 60.9 Å². The molecule has 0 saturated heterocycles. The number of para-hydroxylation sites is 3. The van der Waals surface area contributed by atoms with Crippen LogP contribution in [0.15, 0.2) is 294 Å². The molecule has 0 atom stereocenters. The highest BCUT2D eigenvalue weighted by Crippen LogP contribution is 2.67. The summed E-state index contributed by atoms with van der Waals surface area (Å²) in [6, 6.07) is 113. The van der Waals surface area contributed by atoms with Crippen molar-refractivity contribution in [1.82, 2.24) is 0 Å². The lowest BCUT2D eigenvalue weighted by Crippen LogP contribution is -2.25. The van der Waals surface area contributed by atoms with Crippen molar-refractivity contribution in [2.24, 2.45) is 0 Å².